The molecule has 0 aliphatic heterocycles. The van der Waals surface area contributed by atoms with E-state index in [0.717, 1.165) is 23.4 Å². The molecule has 0 spiro atoms. The molecule has 0 aromatic carbocycles. The first-order valence-corrected chi connectivity index (χ1v) is 9.18. The topological polar surface area (TPSA) is 114 Å². The highest BCUT2D eigenvalue weighted by atomic mass is 16.5. The van der Waals surface area contributed by atoms with E-state index in [1.165, 1.54) is 0 Å². The lowest BCUT2D eigenvalue weighted by atomic mass is 10.1. The van der Waals surface area contributed by atoms with Gasteiger partial charge in [0.15, 0.2) is 5.82 Å². The molecule has 0 radical (unpaired) electrons. The van der Waals surface area contributed by atoms with Crippen LogP contribution in [0.4, 0.5) is 11.6 Å². The number of aryl methyl sites for hydroxylation is 4. The maximum absolute atomic E-state index is 5.96. The van der Waals surface area contributed by atoms with Crippen molar-refractivity contribution in [2.45, 2.75) is 26.7 Å². The van der Waals surface area contributed by atoms with E-state index in [1.54, 1.807) is 18.5 Å². The molecule has 0 saturated heterocycles. The highest BCUT2D eigenvalue weighted by Gasteiger charge is 2.06. The van der Waals surface area contributed by atoms with Gasteiger partial charge in [-0.25, -0.2) is 9.97 Å². The Bertz CT molecular complexity index is 1100. The van der Waals surface area contributed by atoms with E-state index in [9.17, 15) is 0 Å². The van der Waals surface area contributed by atoms with Crippen LogP contribution in [0.1, 0.15) is 22.8 Å². The maximum Gasteiger partial charge on any atom is 0.174 e. The standard InChI is InChI=1S/C20H20N8O/c1-13-3-5-17(14(2)23-13)29-16-8-10-22-20(12-16)24-19-11-15(7-9-21-19)4-6-18-25-27-28-26-18/h3,5,7-12H,4,6H2,1-2H3,(H,21,22,24)(H,25,26,27,28). The predicted molar refractivity (Wildman–Crippen MR) is 107 cm³/mol. The van der Waals surface area contributed by atoms with E-state index in [2.05, 4.69) is 40.9 Å². The Hall–Kier alpha value is -3.88. The van der Waals surface area contributed by atoms with Crippen LogP contribution in [0, 0.1) is 13.8 Å². The summed E-state index contributed by atoms with van der Waals surface area (Å²) >= 11 is 0. The van der Waals surface area contributed by atoms with Gasteiger partial charge in [0.25, 0.3) is 0 Å². The van der Waals surface area contributed by atoms with Crippen molar-refractivity contribution in [2.24, 2.45) is 0 Å². The predicted octanol–water partition coefficient (Wildman–Crippen LogP) is 3.32. The zero-order chi connectivity index (χ0) is 20.1. The molecular weight excluding hydrogens is 368 g/mol. The number of tetrazole rings is 1. The fourth-order valence-corrected chi connectivity index (χ4v) is 2.83. The number of aromatic nitrogens is 7. The Kier molecular flexibility index (Phi) is 5.37. The highest BCUT2D eigenvalue weighted by Crippen LogP contribution is 2.26. The van der Waals surface area contributed by atoms with Crippen molar-refractivity contribution >= 4 is 11.6 Å². The SMILES string of the molecule is Cc1ccc(Oc2ccnc(Nc3cc(CCc4nn[nH]n4)ccn3)c2)c(C)n1. The maximum atomic E-state index is 5.96. The van der Waals surface area contributed by atoms with Crippen LogP contribution in [0.15, 0.2) is 48.8 Å². The number of hydrogen-bond donors (Lipinski definition) is 2. The quantitative estimate of drug-likeness (QED) is 0.495. The summed E-state index contributed by atoms with van der Waals surface area (Å²) in [7, 11) is 0. The van der Waals surface area contributed by atoms with Crippen molar-refractivity contribution in [3.8, 4) is 11.5 Å². The van der Waals surface area contributed by atoms with E-state index in [1.807, 2.05) is 44.2 Å². The molecule has 0 saturated carbocycles. The van der Waals surface area contributed by atoms with Gasteiger partial charge in [0, 0.05) is 30.6 Å². The van der Waals surface area contributed by atoms with Crippen LogP contribution in [0.2, 0.25) is 0 Å². The zero-order valence-electron chi connectivity index (χ0n) is 16.1. The van der Waals surface area contributed by atoms with Crippen LogP contribution >= 0.6 is 0 Å². The second-order valence-electron chi connectivity index (χ2n) is 6.52. The fourth-order valence-electron chi connectivity index (χ4n) is 2.83. The molecule has 4 aromatic rings. The summed E-state index contributed by atoms with van der Waals surface area (Å²) in [4.78, 5) is 13.1. The second kappa shape index (κ2) is 8.42. The Morgan fingerprint density at radius 3 is 2.59 bits per heavy atom. The first-order valence-electron chi connectivity index (χ1n) is 9.18. The molecule has 0 aliphatic rings. The fraction of sp³-hybridized carbons (Fsp3) is 0.200. The molecule has 2 N–H and O–H groups in total. The van der Waals surface area contributed by atoms with Crippen LogP contribution in [0.5, 0.6) is 11.5 Å². The van der Waals surface area contributed by atoms with Crippen LogP contribution < -0.4 is 10.1 Å². The van der Waals surface area contributed by atoms with Gasteiger partial charge >= 0.3 is 0 Å². The lowest BCUT2D eigenvalue weighted by Crippen LogP contribution is -1.99. The average Bonchev–Trinajstić information content (AvgIpc) is 3.23. The summed E-state index contributed by atoms with van der Waals surface area (Å²) in [5.41, 5.74) is 2.91. The van der Waals surface area contributed by atoms with Gasteiger partial charge < -0.3 is 10.1 Å². The minimum atomic E-state index is 0.642. The summed E-state index contributed by atoms with van der Waals surface area (Å²) in [5.74, 6) is 3.42. The van der Waals surface area contributed by atoms with Crippen molar-refractivity contribution in [1.82, 2.24) is 35.6 Å². The van der Waals surface area contributed by atoms with E-state index in [4.69, 9.17) is 4.74 Å². The van der Waals surface area contributed by atoms with Gasteiger partial charge in [-0.3, -0.25) is 4.98 Å². The summed E-state index contributed by atoms with van der Waals surface area (Å²) < 4.78 is 5.96. The number of H-pyrrole nitrogens is 1. The molecule has 0 unspecified atom stereocenters. The third kappa shape index (κ3) is 4.89. The molecule has 9 heteroatoms. The van der Waals surface area contributed by atoms with Crippen molar-refractivity contribution < 1.29 is 4.74 Å². The first kappa shape index (κ1) is 18.5. The summed E-state index contributed by atoms with van der Waals surface area (Å²) in [6.07, 6.45) is 4.93. The number of rotatable bonds is 7. The molecule has 4 heterocycles. The van der Waals surface area contributed by atoms with E-state index in [0.29, 0.717) is 35.4 Å². The molecular formula is C20H20N8O. The molecule has 9 nitrogen and oxygen atoms in total. The van der Waals surface area contributed by atoms with Crippen LogP contribution in [-0.4, -0.2) is 35.6 Å². The molecule has 0 atom stereocenters. The van der Waals surface area contributed by atoms with Crippen molar-refractivity contribution in [2.75, 3.05) is 5.32 Å². The lowest BCUT2D eigenvalue weighted by molar-refractivity contribution is 0.475. The average molecular weight is 388 g/mol. The third-order valence-corrected chi connectivity index (χ3v) is 4.24. The monoisotopic (exact) mass is 388 g/mol. The van der Waals surface area contributed by atoms with Crippen molar-refractivity contribution in [3.63, 3.8) is 0 Å². The summed E-state index contributed by atoms with van der Waals surface area (Å²) in [5, 5.41) is 17.2. The molecule has 0 bridgehead atoms. The third-order valence-electron chi connectivity index (χ3n) is 4.24. The van der Waals surface area contributed by atoms with Gasteiger partial charge in [0.05, 0.1) is 5.69 Å². The first-order chi connectivity index (χ1) is 14.2. The summed E-state index contributed by atoms with van der Waals surface area (Å²) in [6, 6.07) is 11.4. The van der Waals surface area contributed by atoms with Gasteiger partial charge in [-0.2, -0.15) is 5.21 Å². The summed E-state index contributed by atoms with van der Waals surface area (Å²) in [6.45, 7) is 3.88. The van der Waals surface area contributed by atoms with Gasteiger partial charge in [-0.1, -0.05) is 5.21 Å². The van der Waals surface area contributed by atoms with E-state index >= 15 is 0 Å². The number of aromatic amines is 1. The van der Waals surface area contributed by atoms with Gasteiger partial charge in [0.1, 0.15) is 23.1 Å². The zero-order valence-corrected chi connectivity index (χ0v) is 16.1. The Labute approximate surface area is 167 Å². The van der Waals surface area contributed by atoms with Crippen LogP contribution in [-0.2, 0) is 12.8 Å². The van der Waals surface area contributed by atoms with E-state index < -0.39 is 0 Å². The Morgan fingerprint density at radius 1 is 0.966 bits per heavy atom. The number of ether oxygens (including phenoxy) is 1. The number of hydrogen-bond acceptors (Lipinski definition) is 8. The molecule has 4 rings (SSSR count). The normalized spacial score (nSPS) is 10.7. The molecule has 29 heavy (non-hydrogen) atoms. The minimum Gasteiger partial charge on any atom is -0.455 e. The van der Waals surface area contributed by atoms with E-state index in [-0.39, 0.29) is 0 Å². The number of nitrogens with one attached hydrogen (secondary N) is 2. The van der Waals surface area contributed by atoms with Gasteiger partial charge in [-0.05, 0) is 56.2 Å². The smallest absolute Gasteiger partial charge is 0.174 e. The molecule has 4 aromatic heterocycles. The number of pyridine rings is 3. The molecule has 0 fully saturated rings. The van der Waals surface area contributed by atoms with Gasteiger partial charge in [-0.15, -0.1) is 10.2 Å². The minimum absolute atomic E-state index is 0.642. The number of nitrogens with zero attached hydrogens (tertiary/aromatic N) is 6. The van der Waals surface area contributed by atoms with Crippen molar-refractivity contribution in [1.29, 1.82) is 0 Å². The molecule has 0 aliphatic carbocycles. The Morgan fingerprint density at radius 2 is 1.79 bits per heavy atom. The number of anilines is 2. The van der Waals surface area contributed by atoms with Gasteiger partial charge in [0.2, 0.25) is 0 Å². The lowest BCUT2D eigenvalue weighted by Gasteiger charge is -2.11. The largest absolute Gasteiger partial charge is 0.455 e. The molecule has 0 amide bonds. The molecule has 146 valence electrons. The van der Waals surface area contributed by atoms with Crippen LogP contribution in [0.3, 0.4) is 0 Å². The second-order valence-corrected chi connectivity index (χ2v) is 6.52. The Balaban J connectivity index is 1.44. The van der Waals surface area contributed by atoms with Crippen LogP contribution in [0.25, 0.3) is 0 Å². The van der Waals surface area contributed by atoms with Crippen molar-refractivity contribution in [3.05, 3.63) is 71.6 Å². The highest BCUT2D eigenvalue weighted by molar-refractivity contribution is 5.54.